The highest BCUT2D eigenvalue weighted by Crippen LogP contribution is 2.80. The number of carbonyl (C=O) groups excluding carboxylic acids is 1. The average Bonchev–Trinajstić information content (AvgIpc) is 1.82. The summed E-state index contributed by atoms with van der Waals surface area (Å²) in [6.07, 6.45) is 5.68. The normalized spacial score (nSPS) is 48.8. The third-order valence-corrected chi connectivity index (χ3v) is 25.5. The minimum atomic E-state index is -1.71. The summed E-state index contributed by atoms with van der Waals surface area (Å²) in [5.41, 5.74) is 1.30. The molecule has 1 amide bonds. The van der Waals surface area contributed by atoms with Crippen molar-refractivity contribution in [3.63, 3.8) is 0 Å². The first kappa shape index (κ1) is 57.6. The molecule has 448 valence electrons. The lowest BCUT2D eigenvalue weighted by Gasteiger charge is -2.76. The van der Waals surface area contributed by atoms with Gasteiger partial charge in [-0.25, -0.2) is 9.97 Å². The molecule has 21 nitrogen and oxygen atoms in total. The number of aromatic nitrogens is 4. The number of carboxylic acids is 1. The van der Waals surface area contributed by atoms with Gasteiger partial charge in [0, 0.05) is 48.8 Å². The van der Waals surface area contributed by atoms with Crippen LogP contribution in [0, 0.1) is 91.2 Å². The molecular weight excluding hydrogens is 1040 g/mol. The van der Waals surface area contributed by atoms with E-state index < -0.39 is 147 Å². The standard InChI is InChI=1S/C60H90N8O13/c1-53(25-69)17-18-59(52(78)79)33(20-53)31-9-10-38-55(3,57(31,5)32-19-35-49(67-28-65-35)64-22-34(32)59)15-12-37-54(2,26-70)47(81-50-44(74)42(72)36(71)24-80-50)43(73)40(56(37,38)4)29-11-16-60(39-23-63-27-66-39,46(75)30(21-62-6)48(61)76)45-41(29)58(51(77)68-45)13-7-8-14-58/h9,11,16,23,27-30,32-34,36-38,40-48,50,62,64,69-76H,7-8,10,12-15,17-22,24-26,61H2,1-6H3,(H,63,66)(H,65,67)(H,68,77)(H,78,79)/t29-,30-,32-,33-,34-,36+,37+,38-,40+,41-,42-,43+,44+,45+,46-,47+,48-,50-,53-,54-,55+,56-,57-,59+,60-/m0/s1. The van der Waals surface area contributed by atoms with Crippen molar-refractivity contribution in [3.8, 4) is 0 Å². The molecule has 2 aromatic rings. The van der Waals surface area contributed by atoms with Gasteiger partial charge in [-0.3, -0.25) is 9.59 Å². The molecule has 0 radical (unpaired) electrons. The minimum absolute atomic E-state index is 0.0771. The lowest BCUT2D eigenvalue weighted by atomic mass is 9.28. The molecule has 2 aromatic heterocycles. The molecule has 2 saturated heterocycles. The van der Waals surface area contributed by atoms with Crippen LogP contribution in [-0.2, 0) is 30.9 Å². The van der Waals surface area contributed by atoms with Gasteiger partial charge < -0.3 is 87.1 Å². The smallest absolute Gasteiger partial charge is 0.310 e. The summed E-state index contributed by atoms with van der Waals surface area (Å²) in [5, 5.41) is 117. The molecule has 0 bridgehead atoms. The van der Waals surface area contributed by atoms with Crippen molar-refractivity contribution >= 4 is 17.7 Å². The molecule has 7 aliphatic carbocycles. The van der Waals surface area contributed by atoms with E-state index in [4.69, 9.17) is 20.2 Å². The van der Waals surface area contributed by atoms with E-state index in [-0.39, 0.29) is 43.4 Å². The largest absolute Gasteiger partial charge is 0.481 e. The van der Waals surface area contributed by atoms with E-state index in [1.807, 2.05) is 13.0 Å². The van der Waals surface area contributed by atoms with Crippen LogP contribution in [0.5, 0.6) is 0 Å². The molecule has 25 atom stereocenters. The Kier molecular flexibility index (Phi) is 14.1. The number of ether oxygens (including phenoxy) is 2. The van der Waals surface area contributed by atoms with Crippen LogP contribution in [-0.4, -0.2) is 173 Å². The van der Waals surface area contributed by atoms with Crippen molar-refractivity contribution in [2.75, 3.05) is 45.3 Å². The zero-order valence-electron chi connectivity index (χ0n) is 47.8. The highest BCUT2D eigenvalue weighted by molar-refractivity contribution is 5.87. The Hall–Kier alpha value is -3.84. The van der Waals surface area contributed by atoms with Crippen LogP contribution in [0.15, 0.2) is 42.7 Å². The SMILES string of the molecule is CNC[C@H]([C@@H](N)O)[C@H](O)[C@]1(c2cnc[nH]2)C=C[C@@H]([C@@H]2[C@@H](O)[C@@H](O[C@@H]3OC[C@@H](O)[C@H](O)[C@H]3O)[C@@](C)(CO)[C@H]3CC[C@]4(C)[C@H](CC=C5[C@@H]6C[C@@](C)(CO)CC[C@]6(C(=O)O)[C@H]6CNc7nc[nH]c7C[C@@H]6[C@]54C)[C@@]23C)[C@H]2[C@H]1NC(=O)C21CCCC1. The predicted molar refractivity (Wildman–Crippen MR) is 294 cm³/mol. The van der Waals surface area contributed by atoms with E-state index in [9.17, 15) is 50.8 Å². The Labute approximate surface area is 473 Å². The predicted octanol–water partition coefficient (Wildman–Crippen LogP) is 1.68. The van der Waals surface area contributed by atoms with Crippen molar-refractivity contribution in [3.05, 3.63) is 54.0 Å². The number of aliphatic hydroxyl groups excluding tert-OH is 8. The average molecular weight is 1130 g/mol. The summed E-state index contributed by atoms with van der Waals surface area (Å²) in [6, 6.07) is -0.839. The monoisotopic (exact) mass is 1130 g/mol. The van der Waals surface area contributed by atoms with Crippen molar-refractivity contribution in [2.24, 2.45) is 96.9 Å². The first-order valence-electron chi connectivity index (χ1n) is 30.1. The second kappa shape index (κ2) is 19.9. The molecule has 0 aromatic carbocycles. The Morgan fingerprint density at radius 2 is 1.69 bits per heavy atom. The number of carboxylic acid groups (broad SMARTS) is 1. The van der Waals surface area contributed by atoms with Gasteiger partial charge in [0.25, 0.3) is 0 Å². The van der Waals surface area contributed by atoms with Crippen molar-refractivity contribution in [1.29, 1.82) is 0 Å². The van der Waals surface area contributed by atoms with E-state index in [1.54, 1.807) is 19.6 Å². The maximum Gasteiger partial charge on any atom is 0.310 e. The molecule has 5 saturated carbocycles. The summed E-state index contributed by atoms with van der Waals surface area (Å²) in [6.45, 7) is 10.7. The summed E-state index contributed by atoms with van der Waals surface area (Å²) >= 11 is 0. The minimum Gasteiger partial charge on any atom is -0.481 e. The van der Waals surface area contributed by atoms with E-state index in [2.05, 4.69) is 70.7 Å². The van der Waals surface area contributed by atoms with Crippen LogP contribution in [0.4, 0.5) is 5.82 Å². The van der Waals surface area contributed by atoms with Crippen molar-refractivity contribution in [1.82, 2.24) is 30.6 Å². The third-order valence-electron chi connectivity index (χ3n) is 25.5. The van der Waals surface area contributed by atoms with Gasteiger partial charge in [-0.05, 0) is 128 Å². The van der Waals surface area contributed by atoms with Crippen LogP contribution >= 0.6 is 0 Å². The number of allylic oxidation sites excluding steroid dienone is 3. The molecular formula is C60H90N8O13. The number of aromatic amines is 2. The zero-order chi connectivity index (χ0) is 57.8. The number of rotatable bonds is 12. The van der Waals surface area contributed by atoms with Crippen molar-refractivity contribution in [2.45, 2.75) is 166 Å². The van der Waals surface area contributed by atoms with Gasteiger partial charge in [0.2, 0.25) is 5.91 Å². The topological polar surface area (TPSA) is 354 Å². The quantitative estimate of drug-likeness (QED) is 0.0817. The van der Waals surface area contributed by atoms with Gasteiger partial charge in [0.1, 0.15) is 30.4 Å². The van der Waals surface area contributed by atoms with Gasteiger partial charge >= 0.3 is 5.97 Å². The lowest BCUT2D eigenvalue weighted by molar-refractivity contribution is -0.344. The summed E-state index contributed by atoms with van der Waals surface area (Å²) in [7, 11) is 1.71. The molecule has 1 spiro atoms. The fourth-order valence-corrected chi connectivity index (χ4v) is 21.5. The van der Waals surface area contributed by atoms with Crippen molar-refractivity contribution < 1.29 is 65.0 Å². The van der Waals surface area contributed by atoms with Crippen LogP contribution in [0.1, 0.15) is 110 Å². The Balaban J connectivity index is 1.09. The van der Waals surface area contributed by atoms with Gasteiger partial charge in [0.15, 0.2) is 6.29 Å². The molecule has 5 heterocycles. The second-order valence-corrected chi connectivity index (χ2v) is 28.4. The number of aliphatic hydroxyl groups is 8. The van der Waals surface area contributed by atoms with Gasteiger partial charge in [0.05, 0.1) is 72.2 Å². The van der Waals surface area contributed by atoms with Crippen LogP contribution in [0.2, 0.25) is 0 Å². The number of H-pyrrole nitrogens is 2. The maximum absolute atomic E-state index is 15.5. The number of aliphatic carboxylic acids is 1. The third kappa shape index (κ3) is 7.57. The number of amides is 1. The van der Waals surface area contributed by atoms with Crippen LogP contribution in [0.25, 0.3) is 0 Å². The fraction of sp³-hybridized carbons (Fsp3) is 0.800. The molecule has 21 heteroatoms. The molecule has 0 unspecified atom stereocenters. The van der Waals surface area contributed by atoms with Gasteiger partial charge in [-0.15, -0.1) is 0 Å². The first-order chi connectivity index (χ1) is 38.4. The number of hydrogen-bond donors (Lipinski definition) is 15. The van der Waals surface area contributed by atoms with Gasteiger partial charge in [-0.1, -0.05) is 71.3 Å². The Bertz CT molecular complexity index is 2770. The van der Waals surface area contributed by atoms with Crippen LogP contribution < -0.4 is 21.7 Å². The lowest BCUT2D eigenvalue weighted by Crippen LogP contribution is -2.75. The van der Waals surface area contributed by atoms with E-state index >= 15 is 4.79 Å². The number of nitrogens with two attached hydrogens (primary N) is 1. The molecule has 3 aliphatic heterocycles. The number of hydrogen-bond acceptors (Lipinski definition) is 17. The van der Waals surface area contributed by atoms with Gasteiger partial charge in [-0.2, -0.15) is 0 Å². The summed E-state index contributed by atoms with van der Waals surface area (Å²) < 4.78 is 12.9. The number of anilines is 1. The summed E-state index contributed by atoms with van der Waals surface area (Å²) in [5.74, 6) is -4.93. The molecule has 7 fully saturated rings. The summed E-state index contributed by atoms with van der Waals surface area (Å²) in [4.78, 5) is 45.9. The number of nitrogens with one attached hydrogen (secondary N) is 5. The number of carbonyl (C=O) groups is 2. The maximum atomic E-state index is 15.5. The zero-order valence-corrected chi connectivity index (χ0v) is 47.8. The highest BCUT2D eigenvalue weighted by Gasteiger charge is 2.79. The Morgan fingerprint density at radius 1 is 0.938 bits per heavy atom. The van der Waals surface area contributed by atoms with E-state index in [1.165, 1.54) is 6.33 Å². The first-order valence-corrected chi connectivity index (χ1v) is 30.1. The Morgan fingerprint density at radius 3 is 2.36 bits per heavy atom. The molecule has 16 N–H and O–H groups in total. The van der Waals surface area contributed by atoms with Crippen LogP contribution in [0.3, 0.4) is 0 Å². The second-order valence-electron chi connectivity index (χ2n) is 28.4. The molecule has 10 aliphatic rings. The number of imidazole rings is 2. The van der Waals surface area contributed by atoms with E-state index in [0.29, 0.717) is 75.8 Å². The molecule has 12 rings (SSSR count). The highest BCUT2D eigenvalue weighted by atomic mass is 16.7. The fourth-order valence-electron chi connectivity index (χ4n) is 21.5. The number of fused-ring (bicyclic) bond motifs is 13. The number of nitrogens with zero attached hydrogens (tertiary/aromatic N) is 2. The van der Waals surface area contributed by atoms with E-state index in [0.717, 1.165) is 24.1 Å². The molecule has 81 heavy (non-hydrogen) atoms.